The lowest BCUT2D eigenvalue weighted by molar-refractivity contribution is -0.274. The van der Waals surface area contributed by atoms with Crippen molar-refractivity contribution in [3.63, 3.8) is 0 Å². The van der Waals surface area contributed by atoms with E-state index < -0.39 is 39.6 Å². The van der Waals surface area contributed by atoms with E-state index in [1.807, 2.05) is 4.72 Å². The third kappa shape index (κ3) is 5.55. The normalized spacial score (nSPS) is 12.7. The Hall–Kier alpha value is -2.43. The molecule has 26 heavy (non-hydrogen) atoms. The van der Waals surface area contributed by atoms with Crippen LogP contribution in [0, 0.1) is 0 Å². The van der Waals surface area contributed by atoms with E-state index in [-0.39, 0.29) is 11.1 Å². The summed E-state index contributed by atoms with van der Waals surface area (Å²) in [6, 6.07) is 6.88. The smallest absolute Gasteiger partial charge is 0.404 e. The zero-order valence-electron chi connectivity index (χ0n) is 12.9. The van der Waals surface area contributed by atoms with Crippen molar-refractivity contribution >= 4 is 15.7 Å². The van der Waals surface area contributed by atoms with Gasteiger partial charge in [0, 0.05) is 0 Å². The number of sulfonamides is 1. The fourth-order valence-electron chi connectivity index (χ4n) is 2.05. The molecule has 11 heteroatoms. The van der Waals surface area contributed by atoms with Gasteiger partial charge in [0.1, 0.15) is 0 Å². The number of hydrogen-bond acceptors (Lipinski definition) is 3. The Morgan fingerprint density at radius 3 is 1.88 bits per heavy atom. The quantitative estimate of drug-likeness (QED) is 0.762. The zero-order chi connectivity index (χ0) is 19.8. The number of alkyl halides is 6. The SMILES string of the molecule is CS(=O)(=O)Nc1ccc(-c2ccc(C(F)(F)F)cc2)cc1OC(F)(F)F. The first kappa shape index (κ1) is 19.9. The minimum Gasteiger partial charge on any atom is -0.404 e. The van der Waals surface area contributed by atoms with Gasteiger partial charge in [-0.05, 0) is 35.4 Å². The molecular weight excluding hydrogens is 388 g/mol. The second-order valence-electron chi connectivity index (χ2n) is 5.21. The third-order valence-electron chi connectivity index (χ3n) is 3.05. The van der Waals surface area contributed by atoms with Gasteiger partial charge in [-0.2, -0.15) is 13.2 Å². The predicted octanol–water partition coefficient (Wildman–Crippen LogP) is 4.64. The monoisotopic (exact) mass is 399 g/mol. The van der Waals surface area contributed by atoms with Crippen molar-refractivity contribution in [3.05, 3.63) is 48.0 Å². The highest BCUT2D eigenvalue weighted by Crippen LogP contribution is 2.36. The first-order valence-corrected chi connectivity index (χ1v) is 8.69. The van der Waals surface area contributed by atoms with Crippen molar-refractivity contribution in [1.82, 2.24) is 0 Å². The molecule has 0 amide bonds. The molecule has 142 valence electrons. The van der Waals surface area contributed by atoms with E-state index in [0.717, 1.165) is 42.7 Å². The molecule has 0 saturated carbocycles. The molecule has 0 heterocycles. The summed E-state index contributed by atoms with van der Waals surface area (Å²) in [5, 5.41) is 0. The van der Waals surface area contributed by atoms with Crippen molar-refractivity contribution in [2.45, 2.75) is 12.5 Å². The van der Waals surface area contributed by atoms with E-state index in [9.17, 15) is 34.8 Å². The summed E-state index contributed by atoms with van der Waals surface area (Å²) in [5.41, 5.74) is -1.07. The Morgan fingerprint density at radius 2 is 1.42 bits per heavy atom. The lowest BCUT2D eigenvalue weighted by Crippen LogP contribution is -2.19. The van der Waals surface area contributed by atoms with Crippen molar-refractivity contribution in [2.24, 2.45) is 0 Å². The van der Waals surface area contributed by atoms with Gasteiger partial charge >= 0.3 is 12.5 Å². The Balaban J connectivity index is 2.45. The molecule has 1 N–H and O–H groups in total. The Bertz CT molecular complexity index is 889. The van der Waals surface area contributed by atoms with Crippen LogP contribution in [0.25, 0.3) is 11.1 Å². The third-order valence-corrected chi connectivity index (χ3v) is 3.64. The molecule has 0 aliphatic carbocycles. The van der Waals surface area contributed by atoms with Gasteiger partial charge in [-0.1, -0.05) is 18.2 Å². The average molecular weight is 399 g/mol. The van der Waals surface area contributed by atoms with E-state index in [1.54, 1.807) is 0 Å². The van der Waals surface area contributed by atoms with E-state index in [0.29, 0.717) is 0 Å². The molecule has 0 aromatic heterocycles. The number of benzene rings is 2. The molecular formula is C15H11F6NO3S. The molecule has 0 aliphatic heterocycles. The molecule has 0 spiro atoms. The summed E-state index contributed by atoms with van der Waals surface area (Å²) in [7, 11) is -3.88. The van der Waals surface area contributed by atoms with Crippen LogP contribution in [0.1, 0.15) is 5.56 Å². The maximum atomic E-state index is 12.6. The number of ether oxygens (including phenoxy) is 1. The van der Waals surface area contributed by atoms with Crippen LogP contribution in [0.15, 0.2) is 42.5 Å². The maximum Gasteiger partial charge on any atom is 0.573 e. The first-order chi connectivity index (χ1) is 11.7. The summed E-state index contributed by atoms with van der Waals surface area (Å²) in [6.45, 7) is 0. The molecule has 2 aromatic carbocycles. The van der Waals surface area contributed by atoms with Crippen LogP contribution in [0.5, 0.6) is 5.75 Å². The van der Waals surface area contributed by atoms with E-state index in [4.69, 9.17) is 0 Å². The van der Waals surface area contributed by atoms with Crippen molar-refractivity contribution < 1.29 is 39.5 Å². The molecule has 0 bridgehead atoms. The molecule has 2 rings (SSSR count). The summed E-state index contributed by atoms with van der Waals surface area (Å²) in [5.74, 6) is -0.833. The number of rotatable bonds is 4. The Morgan fingerprint density at radius 1 is 0.885 bits per heavy atom. The summed E-state index contributed by atoms with van der Waals surface area (Å²) in [6.07, 6.45) is -8.90. The van der Waals surface area contributed by atoms with Crippen LogP contribution in [0.4, 0.5) is 32.0 Å². The van der Waals surface area contributed by atoms with Crippen molar-refractivity contribution in [1.29, 1.82) is 0 Å². The number of hydrogen-bond donors (Lipinski definition) is 1. The topological polar surface area (TPSA) is 55.4 Å². The summed E-state index contributed by atoms with van der Waals surface area (Å²) >= 11 is 0. The van der Waals surface area contributed by atoms with Gasteiger partial charge in [0.15, 0.2) is 5.75 Å². The minimum absolute atomic E-state index is 0.108. The average Bonchev–Trinajstić information content (AvgIpc) is 2.45. The zero-order valence-corrected chi connectivity index (χ0v) is 13.8. The summed E-state index contributed by atoms with van der Waals surface area (Å²) in [4.78, 5) is 0. The van der Waals surface area contributed by atoms with Crippen LogP contribution in [0.3, 0.4) is 0 Å². The second kappa shape index (κ2) is 6.71. The predicted molar refractivity (Wildman–Crippen MR) is 82.0 cm³/mol. The molecule has 4 nitrogen and oxygen atoms in total. The molecule has 0 aliphatic rings. The highest BCUT2D eigenvalue weighted by atomic mass is 32.2. The van der Waals surface area contributed by atoms with Crippen LogP contribution >= 0.6 is 0 Å². The number of nitrogens with one attached hydrogen (secondary N) is 1. The standard InChI is InChI=1S/C15H11F6NO3S/c1-26(23,24)22-12-7-4-10(8-13(12)25-15(19,20)21)9-2-5-11(6-3-9)14(16,17)18/h2-8,22H,1H3. The highest BCUT2D eigenvalue weighted by Gasteiger charge is 2.33. The van der Waals surface area contributed by atoms with Crippen LogP contribution in [-0.4, -0.2) is 21.0 Å². The van der Waals surface area contributed by atoms with Gasteiger partial charge in [0.25, 0.3) is 0 Å². The molecule has 2 aromatic rings. The van der Waals surface area contributed by atoms with E-state index in [1.165, 1.54) is 6.07 Å². The fourth-order valence-corrected chi connectivity index (χ4v) is 2.61. The lowest BCUT2D eigenvalue weighted by atomic mass is 10.0. The van der Waals surface area contributed by atoms with Crippen molar-refractivity contribution in [3.8, 4) is 16.9 Å². The van der Waals surface area contributed by atoms with Crippen molar-refractivity contribution in [2.75, 3.05) is 11.0 Å². The van der Waals surface area contributed by atoms with Gasteiger partial charge in [-0.25, -0.2) is 8.42 Å². The van der Waals surface area contributed by atoms with Gasteiger partial charge in [0.2, 0.25) is 10.0 Å². The molecule has 0 fully saturated rings. The Kier molecular flexibility index (Phi) is 5.13. The maximum absolute atomic E-state index is 12.6. The lowest BCUT2D eigenvalue weighted by Gasteiger charge is -2.15. The second-order valence-corrected chi connectivity index (χ2v) is 6.96. The van der Waals surface area contributed by atoms with E-state index >= 15 is 0 Å². The van der Waals surface area contributed by atoms with E-state index in [2.05, 4.69) is 4.74 Å². The Labute approximate surface area is 144 Å². The summed E-state index contributed by atoms with van der Waals surface area (Å²) < 4.78 is 104. The minimum atomic E-state index is -5.09. The fraction of sp³-hybridized carbons (Fsp3) is 0.200. The van der Waals surface area contributed by atoms with Gasteiger partial charge < -0.3 is 4.74 Å². The van der Waals surface area contributed by atoms with Gasteiger partial charge in [-0.3, -0.25) is 4.72 Å². The van der Waals surface area contributed by atoms with Crippen LogP contribution < -0.4 is 9.46 Å². The number of anilines is 1. The largest absolute Gasteiger partial charge is 0.573 e. The number of halogens is 6. The van der Waals surface area contributed by atoms with Crippen LogP contribution in [-0.2, 0) is 16.2 Å². The highest BCUT2D eigenvalue weighted by molar-refractivity contribution is 7.92. The molecule has 0 radical (unpaired) electrons. The van der Waals surface area contributed by atoms with Crippen LogP contribution in [0.2, 0.25) is 0 Å². The van der Waals surface area contributed by atoms with Gasteiger partial charge in [0.05, 0.1) is 17.5 Å². The molecule has 0 atom stereocenters. The first-order valence-electron chi connectivity index (χ1n) is 6.80. The molecule has 0 saturated heterocycles. The molecule has 0 unspecified atom stereocenters. The van der Waals surface area contributed by atoms with Gasteiger partial charge in [-0.15, -0.1) is 13.2 Å².